The first kappa shape index (κ1) is 14.9. The average Bonchev–Trinajstić information content (AvgIpc) is 2.36. The molecule has 1 atom stereocenters. The second-order valence-corrected chi connectivity index (χ2v) is 4.85. The molecule has 3 nitrogen and oxygen atoms in total. The number of rotatable bonds is 6. The first-order chi connectivity index (χ1) is 8.56. The zero-order valence-corrected chi connectivity index (χ0v) is 12.3. The lowest BCUT2D eigenvalue weighted by Crippen LogP contribution is -2.48. The molecule has 0 heterocycles. The van der Waals surface area contributed by atoms with Crippen molar-refractivity contribution in [3.8, 4) is 0 Å². The molecule has 0 amide bonds. The van der Waals surface area contributed by atoms with Crippen LogP contribution in [0, 0.1) is 0 Å². The van der Waals surface area contributed by atoms with Crippen molar-refractivity contribution < 1.29 is 9.53 Å². The Morgan fingerprint density at radius 2 is 2.22 bits per heavy atom. The third-order valence-electron chi connectivity index (χ3n) is 2.70. The molecule has 0 saturated heterocycles. The van der Waals surface area contributed by atoms with Gasteiger partial charge >= 0.3 is 5.97 Å². The number of nitrogens with one attached hydrogen (secondary N) is 1. The first-order valence-electron chi connectivity index (χ1n) is 5.84. The third kappa shape index (κ3) is 3.21. The van der Waals surface area contributed by atoms with E-state index in [1.54, 1.807) is 13.0 Å². The Morgan fingerprint density at radius 1 is 1.56 bits per heavy atom. The van der Waals surface area contributed by atoms with Crippen LogP contribution in [0.3, 0.4) is 0 Å². The van der Waals surface area contributed by atoms with Gasteiger partial charge in [-0.3, -0.25) is 5.32 Å². The Balaban J connectivity index is 3.15. The van der Waals surface area contributed by atoms with E-state index in [1.807, 2.05) is 31.2 Å². The molecule has 1 aromatic rings. The number of carbonyl (C=O) groups is 1. The maximum Gasteiger partial charge on any atom is 0.330 e. The van der Waals surface area contributed by atoms with E-state index in [2.05, 4.69) is 27.8 Å². The fourth-order valence-electron chi connectivity index (χ4n) is 1.70. The Hall–Kier alpha value is -1.13. The molecule has 0 aliphatic carbocycles. The first-order valence-corrected chi connectivity index (χ1v) is 6.63. The smallest absolute Gasteiger partial charge is 0.330 e. The van der Waals surface area contributed by atoms with Crippen molar-refractivity contribution in [2.75, 3.05) is 13.2 Å². The minimum absolute atomic E-state index is 0.293. The minimum Gasteiger partial charge on any atom is -0.464 e. The van der Waals surface area contributed by atoms with E-state index in [-0.39, 0.29) is 5.97 Å². The topological polar surface area (TPSA) is 38.3 Å². The molecule has 98 valence electrons. The molecule has 0 aliphatic rings. The Bertz CT molecular complexity index is 434. The monoisotopic (exact) mass is 311 g/mol. The van der Waals surface area contributed by atoms with Crippen molar-refractivity contribution in [1.82, 2.24) is 5.32 Å². The highest BCUT2D eigenvalue weighted by atomic mass is 79.9. The van der Waals surface area contributed by atoms with Gasteiger partial charge in [-0.15, -0.1) is 6.58 Å². The van der Waals surface area contributed by atoms with Gasteiger partial charge in [0.25, 0.3) is 0 Å². The van der Waals surface area contributed by atoms with Crippen LogP contribution >= 0.6 is 15.9 Å². The van der Waals surface area contributed by atoms with Gasteiger partial charge in [0, 0.05) is 11.0 Å². The van der Waals surface area contributed by atoms with Crippen LogP contribution in [0.25, 0.3) is 0 Å². The summed E-state index contributed by atoms with van der Waals surface area (Å²) in [6.07, 6.45) is 1.72. The fourth-order valence-corrected chi connectivity index (χ4v) is 2.38. The van der Waals surface area contributed by atoms with Gasteiger partial charge in [0.1, 0.15) is 5.54 Å². The number of benzene rings is 1. The summed E-state index contributed by atoms with van der Waals surface area (Å²) in [5.74, 6) is -0.293. The van der Waals surface area contributed by atoms with E-state index in [9.17, 15) is 4.79 Å². The Kier molecular flexibility index (Phi) is 5.56. The third-order valence-corrected chi connectivity index (χ3v) is 3.39. The van der Waals surface area contributed by atoms with Gasteiger partial charge in [0.2, 0.25) is 0 Å². The summed E-state index contributed by atoms with van der Waals surface area (Å²) >= 11 is 3.47. The number of carbonyl (C=O) groups excluding carboxylic acids is 1. The molecule has 0 aromatic heterocycles. The summed E-state index contributed by atoms with van der Waals surface area (Å²) < 4.78 is 6.03. The van der Waals surface area contributed by atoms with Gasteiger partial charge < -0.3 is 4.74 Å². The predicted molar refractivity (Wildman–Crippen MR) is 76.3 cm³/mol. The van der Waals surface area contributed by atoms with E-state index in [1.165, 1.54) is 0 Å². The molecular weight excluding hydrogens is 294 g/mol. The standard InChI is InChI=1S/C14H18BrNO2/c1-4-10-16-14(3,13(17)18-5-2)11-8-6-7-9-12(11)15/h4,6-9,16H,1,5,10H2,2-3H3. The van der Waals surface area contributed by atoms with Crippen molar-refractivity contribution in [3.05, 3.63) is 47.0 Å². The molecule has 1 unspecified atom stereocenters. The molecule has 0 radical (unpaired) electrons. The van der Waals surface area contributed by atoms with E-state index in [0.717, 1.165) is 10.0 Å². The van der Waals surface area contributed by atoms with Crippen LogP contribution in [-0.2, 0) is 15.1 Å². The average molecular weight is 312 g/mol. The SMILES string of the molecule is C=CCNC(C)(C(=O)OCC)c1ccccc1Br. The molecule has 1 aromatic carbocycles. The molecule has 0 fully saturated rings. The maximum atomic E-state index is 12.2. The van der Waals surface area contributed by atoms with Crippen molar-refractivity contribution in [1.29, 1.82) is 0 Å². The van der Waals surface area contributed by atoms with Gasteiger partial charge in [0.05, 0.1) is 6.61 Å². The van der Waals surface area contributed by atoms with Crippen LogP contribution in [0.4, 0.5) is 0 Å². The molecule has 1 N–H and O–H groups in total. The second kappa shape index (κ2) is 6.71. The van der Waals surface area contributed by atoms with E-state index in [0.29, 0.717) is 13.2 Å². The minimum atomic E-state index is -0.885. The number of halogens is 1. The zero-order chi connectivity index (χ0) is 13.6. The summed E-state index contributed by atoms with van der Waals surface area (Å²) in [4.78, 5) is 12.2. The normalized spacial score (nSPS) is 13.7. The zero-order valence-electron chi connectivity index (χ0n) is 10.7. The molecule has 1 rings (SSSR count). The lowest BCUT2D eigenvalue weighted by Gasteiger charge is -2.29. The van der Waals surface area contributed by atoms with Gasteiger partial charge in [-0.25, -0.2) is 4.79 Å². The second-order valence-electron chi connectivity index (χ2n) is 3.99. The van der Waals surface area contributed by atoms with E-state index >= 15 is 0 Å². The Morgan fingerprint density at radius 3 is 2.78 bits per heavy atom. The molecule has 0 spiro atoms. The number of esters is 1. The lowest BCUT2D eigenvalue weighted by molar-refractivity contribution is -0.150. The molecular formula is C14H18BrNO2. The fraction of sp³-hybridized carbons (Fsp3) is 0.357. The highest BCUT2D eigenvalue weighted by Crippen LogP contribution is 2.29. The van der Waals surface area contributed by atoms with Crippen molar-refractivity contribution in [3.63, 3.8) is 0 Å². The quantitative estimate of drug-likeness (QED) is 0.648. The Labute approximate surface area is 116 Å². The summed E-state index contributed by atoms with van der Waals surface area (Å²) in [7, 11) is 0. The molecule has 0 aliphatic heterocycles. The summed E-state index contributed by atoms with van der Waals surface area (Å²) in [5.41, 5.74) is -0.0325. The van der Waals surface area contributed by atoms with Crippen molar-refractivity contribution in [2.24, 2.45) is 0 Å². The molecule has 0 bridgehead atoms. The van der Waals surface area contributed by atoms with Crippen LogP contribution in [0.15, 0.2) is 41.4 Å². The maximum absolute atomic E-state index is 12.2. The predicted octanol–water partition coefficient (Wildman–Crippen LogP) is 3.00. The van der Waals surface area contributed by atoms with Crippen molar-refractivity contribution in [2.45, 2.75) is 19.4 Å². The molecule has 0 saturated carbocycles. The highest BCUT2D eigenvalue weighted by Gasteiger charge is 2.37. The number of ether oxygens (including phenoxy) is 1. The van der Waals surface area contributed by atoms with E-state index in [4.69, 9.17) is 4.74 Å². The van der Waals surface area contributed by atoms with Crippen LogP contribution in [0.5, 0.6) is 0 Å². The van der Waals surface area contributed by atoms with Gasteiger partial charge in [-0.1, -0.05) is 40.2 Å². The summed E-state index contributed by atoms with van der Waals surface area (Å²) in [5, 5.41) is 3.16. The lowest BCUT2D eigenvalue weighted by atomic mass is 9.92. The van der Waals surface area contributed by atoms with E-state index < -0.39 is 5.54 Å². The largest absolute Gasteiger partial charge is 0.464 e. The van der Waals surface area contributed by atoms with Crippen LogP contribution in [-0.4, -0.2) is 19.1 Å². The molecule has 18 heavy (non-hydrogen) atoms. The van der Waals surface area contributed by atoms with Gasteiger partial charge in [0.15, 0.2) is 0 Å². The van der Waals surface area contributed by atoms with Crippen LogP contribution in [0.2, 0.25) is 0 Å². The van der Waals surface area contributed by atoms with Crippen LogP contribution < -0.4 is 5.32 Å². The number of hydrogen-bond donors (Lipinski definition) is 1. The number of hydrogen-bond acceptors (Lipinski definition) is 3. The van der Waals surface area contributed by atoms with Crippen molar-refractivity contribution >= 4 is 21.9 Å². The summed E-state index contributed by atoms with van der Waals surface area (Å²) in [6.45, 7) is 8.15. The van der Waals surface area contributed by atoms with Crippen LogP contribution in [0.1, 0.15) is 19.4 Å². The highest BCUT2D eigenvalue weighted by molar-refractivity contribution is 9.10. The van der Waals surface area contributed by atoms with Gasteiger partial charge in [-0.05, 0) is 25.5 Å². The summed E-state index contributed by atoms with van der Waals surface area (Å²) in [6, 6.07) is 7.61. The molecule has 4 heteroatoms. The van der Waals surface area contributed by atoms with Gasteiger partial charge in [-0.2, -0.15) is 0 Å².